The number of fused-ring (bicyclic) bond motifs is 5. The van der Waals surface area contributed by atoms with E-state index >= 15 is 0 Å². The molecule has 0 spiro atoms. The second kappa shape index (κ2) is 8.74. The average Bonchev–Trinajstić information content (AvgIpc) is 3.16. The van der Waals surface area contributed by atoms with Crippen LogP contribution in [0, 0.1) is 40.4 Å². The van der Waals surface area contributed by atoms with Crippen molar-refractivity contribution in [1.82, 2.24) is 0 Å². The van der Waals surface area contributed by atoms with E-state index in [-0.39, 0.29) is 41.2 Å². The number of alkyl halides is 6. The molecule has 1 N–H and O–H groups in total. The molecule has 10 heteroatoms. The van der Waals surface area contributed by atoms with Crippen LogP contribution in [0.25, 0.3) is 0 Å². The van der Waals surface area contributed by atoms with Crippen molar-refractivity contribution in [3.05, 3.63) is 41.5 Å². The molecule has 3 saturated carbocycles. The molecule has 3 aliphatic carbocycles. The quantitative estimate of drug-likeness (QED) is 0.316. The zero-order valence-corrected chi connectivity index (χ0v) is 21.4. The standard InChI is InChI=1S/C28H31F6NO3/c1-14-12-21-26(3,11-9-22(36)38-21)18-8-10-25(2)17(23(14)18)6-7-19(25)24(37)35-20-13-15(27(29,30)31)4-5-16(20)28(32,33)34/h4-5,9,11,13-14,17-19,21,23H,6-8,10,12H2,1-3H3,(H,35,37)/t14-,17-,18-,19+,21+,23-,25-,26+/m0/s1. The molecule has 0 saturated heterocycles. The van der Waals surface area contributed by atoms with Crippen LogP contribution >= 0.6 is 0 Å². The smallest absolute Gasteiger partial charge is 0.418 e. The summed E-state index contributed by atoms with van der Waals surface area (Å²) in [4.78, 5) is 25.4. The van der Waals surface area contributed by atoms with Crippen molar-refractivity contribution < 1.29 is 40.7 Å². The Hall–Kier alpha value is -2.52. The van der Waals surface area contributed by atoms with Crippen molar-refractivity contribution in [3.63, 3.8) is 0 Å². The van der Waals surface area contributed by atoms with E-state index < -0.39 is 46.4 Å². The van der Waals surface area contributed by atoms with Gasteiger partial charge in [0.2, 0.25) is 5.91 Å². The van der Waals surface area contributed by atoms with Crippen LogP contribution in [0.5, 0.6) is 0 Å². The molecule has 0 unspecified atom stereocenters. The van der Waals surface area contributed by atoms with Gasteiger partial charge in [0.25, 0.3) is 0 Å². The summed E-state index contributed by atoms with van der Waals surface area (Å²) in [6, 6.07) is 1.11. The normalized spacial score (nSPS) is 38.6. The number of nitrogens with one attached hydrogen (secondary N) is 1. The van der Waals surface area contributed by atoms with Crippen LogP contribution in [0.15, 0.2) is 30.4 Å². The molecule has 4 nitrogen and oxygen atoms in total. The number of hydrogen-bond donors (Lipinski definition) is 1. The molecule has 1 heterocycles. The van der Waals surface area contributed by atoms with Crippen molar-refractivity contribution in [2.24, 2.45) is 40.4 Å². The second-order valence-corrected chi connectivity index (χ2v) is 12.0. The third-order valence-electron chi connectivity index (χ3n) is 10.1. The van der Waals surface area contributed by atoms with E-state index in [1.54, 1.807) is 0 Å². The van der Waals surface area contributed by atoms with Gasteiger partial charge in [-0.05, 0) is 79.4 Å². The Morgan fingerprint density at radius 3 is 2.39 bits per heavy atom. The number of ether oxygens (including phenoxy) is 1. The first-order valence-electron chi connectivity index (χ1n) is 13.0. The van der Waals surface area contributed by atoms with Crippen molar-refractivity contribution >= 4 is 17.6 Å². The number of esters is 1. The molecule has 0 radical (unpaired) electrons. The lowest BCUT2D eigenvalue weighted by atomic mass is 9.46. The van der Waals surface area contributed by atoms with Crippen LogP contribution in [0.1, 0.15) is 64.0 Å². The Morgan fingerprint density at radius 1 is 1.03 bits per heavy atom. The molecular formula is C28H31F6NO3. The Bertz CT molecular complexity index is 1180. The summed E-state index contributed by atoms with van der Waals surface area (Å²) >= 11 is 0. The van der Waals surface area contributed by atoms with E-state index in [0.717, 1.165) is 6.42 Å². The second-order valence-electron chi connectivity index (χ2n) is 12.0. The van der Waals surface area contributed by atoms with Crippen molar-refractivity contribution in [3.8, 4) is 0 Å². The van der Waals surface area contributed by atoms with Crippen LogP contribution in [-0.2, 0) is 26.7 Å². The molecule has 1 aliphatic heterocycles. The molecule has 3 fully saturated rings. The van der Waals surface area contributed by atoms with Crippen molar-refractivity contribution in [2.75, 3.05) is 5.32 Å². The van der Waals surface area contributed by atoms with Crippen LogP contribution in [-0.4, -0.2) is 18.0 Å². The lowest BCUT2D eigenvalue weighted by molar-refractivity contribution is -0.175. The third-order valence-corrected chi connectivity index (χ3v) is 10.1. The Morgan fingerprint density at radius 2 is 1.74 bits per heavy atom. The van der Waals surface area contributed by atoms with Gasteiger partial charge in [0.15, 0.2) is 0 Å². The fourth-order valence-corrected chi connectivity index (χ4v) is 8.26. The number of rotatable bonds is 2. The van der Waals surface area contributed by atoms with Gasteiger partial charge >= 0.3 is 18.3 Å². The Kier molecular flexibility index (Phi) is 6.23. The van der Waals surface area contributed by atoms with Gasteiger partial charge in [-0.25, -0.2) is 4.79 Å². The lowest BCUT2D eigenvalue weighted by Gasteiger charge is -2.60. The summed E-state index contributed by atoms with van der Waals surface area (Å²) in [5.41, 5.74) is -4.25. The van der Waals surface area contributed by atoms with Crippen LogP contribution in [0.2, 0.25) is 0 Å². The molecule has 0 aromatic heterocycles. The average molecular weight is 544 g/mol. The van der Waals surface area contributed by atoms with Crippen LogP contribution in [0.3, 0.4) is 0 Å². The molecule has 1 aromatic carbocycles. The van der Waals surface area contributed by atoms with E-state index in [1.807, 2.05) is 13.0 Å². The molecule has 38 heavy (non-hydrogen) atoms. The fourth-order valence-electron chi connectivity index (χ4n) is 8.26. The summed E-state index contributed by atoms with van der Waals surface area (Å²) in [7, 11) is 0. The third kappa shape index (κ3) is 4.22. The summed E-state index contributed by atoms with van der Waals surface area (Å²) in [6.07, 6.45) is -3.28. The summed E-state index contributed by atoms with van der Waals surface area (Å²) < 4.78 is 86.3. The molecular weight excluding hydrogens is 512 g/mol. The fraction of sp³-hybridized carbons (Fsp3) is 0.643. The highest BCUT2D eigenvalue weighted by Gasteiger charge is 2.63. The minimum Gasteiger partial charge on any atom is -0.458 e. The molecule has 1 aromatic rings. The number of carbonyl (C=O) groups is 2. The molecule has 208 valence electrons. The van der Waals surface area contributed by atoms with E-state index in [4.69, 9.17) is 4.74 Å². The monoisotopic (exact) mass is 543 g/mol. The maximum Gasteiger partial charge on any atom is 0.418 e. The highest BCUT2D eigenvalue weighted by atomic mass is 19.4. The molecule has 8 atom stereocenters. The van der Waals surface area contributed by atoms with Gasteiger partial charge in [0.05, 0.1) is 16.8 Å². The minimum absolute atomic E-state index is 0.124. The first-order valence-corrected chi connectivity index (χ1v) is 13.0. The molecule has 0 bridgehead atoms. The predicted molar refractivity (Wildman–Crippen MR) is 127 cm³/mol. The van der Waals surface area contributed by atoms with Gasteiger partial charge in [0, 0.05) is 17.4 Å². The van der Waals surface area contributed by atoms with E-state index in [9.17, 15) is 35.9 Å². The summed E-state index contributed by atoms with van der Waals surface area (Å²) in [6.45, 7) is 6.23. The van der Waals surface area contributed by atoms with Gasteiger partial charge in [-0.1, -0.05) is 26.8 Å². The zero-order valence-electron chi connectivity index (χ0n) is 21.4. The largest absolute Gasteiger partial charge is 0.458 e. The van der Waals surface area contributed by atoms with Gasteiger partial charge < -0.3 is 10.1 Å². The van der Waals surface area contributed by atoms with Gasteiger partial charge in [0.1, 0.15) is 6.10 Å². The minimum atomic E-state index is -4.92. The highest BCUT2D eigenvalue weighted by molar-refractivity contribution is 5.94. The van der Waals surface area contributed by atoms with Crippen molar-refractivity contribution in [1.29, 1.82) is 0 Å². The molecule has 1 amide bonds. The molecule has 5 rings (SSSR count). The SMILES string of the molecule is C[C@H]1C[C@H]2OC(=O)C=C[C@]2(C)[C@H]2CC[C@]3(C)[C@@H](C(=O)Nc4cc(C(F)(F)F)ccc4C(F)(F)F)CC[C@H]3[C@H]12. The van der Waals surface area contributed by atoms with Crippen LogP contribution < -0.4 is 5.32 Å². The first kappa shape index (κ1) is 27.1. The summed E-state index contributed by atoms with van der Waals surface area (Å²) in [5, 5.41) is 2.24. The number of halogens is 6. The maximum atomic E-state index is 13.6. The number of carbonyl (C=O) groups excluding carboxylic acids is 2. The van der Waals surface area contributed by atoms with Gasteiger partial charge in [-0.15, -0.1) is 0 Å². The summed E-state index contributed by atoms with van der Waals surface area (Å²) in [5.74, 6) is -0.846. The van der Waals surface area contributed by atoms with Gasteiger partial charge in [-0.3, -0.25) is 4.79 Å². The van der Waals surface area contributed by atoms with Crippen LogP contribution in [0.4, 0.5) is 32.0 Å². The topological polar surface area (TPSA) is 55.4 Å². The Balaban J connectivity index is 1.42. The van der Waals surface area contributed by atoms with Gasteiger partial charge in [-0.2, -0.15) is 26.3 Å². The zero-order chi connectivity index (χ0) is 27.8. The number of amides is 1. The van der Waals surface area contributed by atoms with E-state index in [2.05, 4.69) is 19.2 Å². The maximum absolute atomic E-state index is 13.6. The van der Waals surface area contributed by atoms with Crippen molar-refractivity contribution in [2.45, 2.75) is 71.3 Å². The lowest BCUT2D eigenvalue weighted by Crippen LogP contribution is -2.58. The number of benzene rings is 1. The predicted octanol–water partition coefficient (Wildman–Crippen LogP) is 7.25. The molecule has 4 aliphatic rings. The first-order chi connectivity index (χ1) is 17.6. The van der Waals surface area contributed by atoms with E-state index in [0.29, 0.717) is 43.9 Å². The Labute approximate surface area is 217 Å². The number of hydrogen-bond acceptors (Lipinski definition) is 3. The number of anilines is 1. The van der Waals surface area contributed by atoms with E-state index in [1.165, 1.54) is 6.08 Å². The highest BCUT2D eigenvalue weighted by Crippen LogP contribution is 2.66.